The zero-order valence-electron chi connectivity index (χ0n) is 15.4. The van der Waals surface area contributed by atoms with Gasteiger partial charge in [0.05, 0.1) is 28.9 Å². The van der Waals surface area contributed by atoms with Crippen LogP contribution in [-0.2, 0) is 0 Å². The number of pyridine rings is 2. The Morgan fingerprint density at radius 1 is 1.03 bits per heavy atom. The lowest BCUT2D eigenvalue weighted by Crippen LogP contribution is -1.97. The van der Waals surface area contributed by atoms with Crippen molar-refractivity contribution in [2.75, 3.05) is 12.4 Å². The normalized spacial score (nSPS) is 10.6. The second-order valence-electron chi connectivity index (χ2n) is 6.27. The van der Waals surface area contributed by atoms with Gasteiger partial charge in [-0.15, -0.1) is 6.42 Å². The quantitative estimate of drug-likeness (QED) is 0.436. The maximum Gasteiger partial charge on any atom is 0.212 e. The molecule has 0 fully saturated rings. The molecule has 0 radical (unpaired) electrons. The fourth-order valence-electron chi connectivity index (χ4n) is 3.01. The van der Waals surface area contributed by atoms with Gasteiger partial charge < -0.3 is 10.1 Å². The van der Waals surface area contributed by atoms with E-state index in [1.807, 2.05) is 24.3 Å². The molecule has 0 amide bonds. The molecule has 1 N–H and O–H groups in total. The standard InChI is InChI=1S/C23H15ClFN3O/c1-3-14-12-26-21-8-4-15(16-5-9-22(29-2)27-13-16)10-18(21)23(14)28-17-6-7-20(25)19(24)11-17/h1,4-13H,2H3,(H,26,28). The molecule has 4 nitrogen and oxygen atoms in total. The summed E-state index contributed by atoms with van der Waals surface area (Å²) in [5, 5.41) is 4.12. The molecule has 2 aromatic heterocycles. The second kappa shape index (κ2) is 7.78. The van der Waals surface area contributed by atoms with E-state index < -0.39 is 5.82 Å². The monoisotopic (exact) mass is 403 g/mol. The number of hydrogen-bond acceptors (Lipinski definition) is 4. The van der Waals surface area contributed by atoms with Crippen molar-refractivity contribution in [3.05, 3.63) is 77.3 Å². The summed E-state index contributed by atoms with van der Waals surface area (Å²) in [6, 6.07) is 14.0. The first-order valence-corrected chi connectivity index (χ1v) is 9.08. The zero-order chi connectivity index (χ0) is 20.4. The molecule has 0 aliphatic rings. The summed E-state index contributed by atoms with van der Waals surface area (Å²) < 4.78 is 18.6. The summed E-state index contributed by atoms with van der Waals surface area (Å²) in [5.74, 6) is 2.71. The van der Waals surface area contributed by atoms with Crippen LogP contribution in [0.2, 0.25) is 5.02 Å². The fourth-order valence-corrected chi connectivity index (χ4v) is 3.19. The number of halogens is 2. The van der Waals surface area contributed by atoms with Crippen LogP contribution >= 0.6 is 11.6 Å². The molecule has 0 spiro atoms. The number of terminal acetylenes is 1. The van der Waals surface area contributed by atoms with E-state index in [4.69, 9.17) is 22.8 Å². The molecule has 29 heavy (non-hydrogen) atoms. The molecule has 142 valence electrons. The molecule has 4 aromatic rings. The highest BCUT2D eigenvalue weighted by atomic mass is 35.5. The summed E-state index contributed by atoms with van der Waals surface area (Å²) in [6.07, 6.45) is 9.06. The first-order chi connectivity index (χ1) is 14.1. The lowest BCUT2D eigenvalue weighted by atomic mass is 10.0. The number of nitrogens with one attached hydrogen (secondary N) is 1. The minimum atomic E-state index is -0.483. The molecule has 0 aliphatic carbocycles. The lowest BCUT2D eigenvalue weighted by molar-refractivity contribution is 0.398. The van der Waals surface area contributed by atoms with E-state index in [0.29, 0.717) is 22.8 Å². The SMILES string of the molecule is C#Cc1cnc2ccc(-c3ccc(OC)nc3)cc2c1Nc1ccc(F)c(Cl)c1. The van der Waals surface area contributed by atoms with Gasteiger partial charge in [0, 0.05) is 35.1 Å². The average molecular weight is 404 g/mol. The molecule has 2 heterocycles. The van der Waals surface area contributed by atoms with Crippen LogP contribution in [0.5, 0.6) is 5.88 Å². The maximum atomic E-state index is 13.5. The largest absolute Gasteiger partial charge is 0.481 e. The van der Waals surface area contributed by atoms with Crippen molar-refractivity contribution >= 4 is 33.9 Å². The van der Waals surface area contributed by atoms with Gasteiger partial charge in [-0.3, -0.25) is 4.98 Å². The lowest BCUT2D eigenvalue weighted by Gasteiger charge is -2.14. The van der Waals surface area contributed by atoms with E-state index in [2.05, 4.69) is 21.2 Å². The van der Waals surface area contributed by atoms with Gasteiger partial charge in [-0.25, -0.2) is 9.37 Å². The number of fused-ring (bicyclic) bond motifs is 1. The highest BCUT2D eigenvalue weighted by Gasteiger charge is 2.11. The van der Waals surface area contributed by atoms with Crippen molar-refractivity contribution in [3.8, 4) is 29.4 Å². The van der Waals surface area contributed by atoms with E-state index in [-0.39, 0.29) is 5.02 Å². The minimum absolute atomic E-state index is 0.0283. The Bertz CT molecular complexity index is 1250. The Morgan fingerprint density at radius 2 is 1.86 bits per heavy atom. The van der Waals surface area contributed by atoms with E-state index in [0.717, 1.165) is 22.0 Å². The van der Waals surface area contributed by atoms with E-state index in [9.17, 15) is 4.39 Å². The van der Waals surface area contributed by atoms with Crippen molar-refractivity contribution < 1.29 is 9.13 Å². The highest BCUT2D eigenvalue weighted by Crippen LogP contribution is 2.33. The van der Waals surface area contributed by atoms with Gasteiger partial charge in [0.1, 0.15) is 5.82 Å². The van der Waals surface area contributed by atoms with Crippen molar-refractivity contribution in [1.82, 2.24) is 9.97 Å². The topological polar surface area (TPSA) is 47.0 Å². The third-order valence-corrected chi connectivity index (χ3v) is 4.78. The molecule has 0 unspecified atom stereocenters. The van der Waals surface area contributed by atoms with E-state index in [1.165, 1.54) is 12.1 Å². The van der Waals surface area contributed by atoms with Crippen LogP contribution < -0.4 is 10.1 Å². The Labute approximate surface area is 172 Å². The first-order valence-electron chi connectivity index (χ1n) is 8.71. The van der Waals surface area contributed by atoms with Gasteiger partial charge in [-0.05, 0) is 42.0 Å². The van der Waals surface area contributed by atoms with Gasteiger partial charge >= 0.3 is 0 Å². The van der Waals surface area contributed by atoms with Crippen molar-refractivity contribution in [1.29, 1.82) is 0 Å². The smallest absolute Gasteiger partial charge is 0.212 e. The number of ether oxygens (including phenoxy) is 1. The molecule has 4 rings (SSSR count). The average Bonchev–Trinajstić information content (AvgIpc) is 2.76. The molecule has 0 bridgehead atoms. The Balaban J connectivity index is 1.84. The Morgan fingerprint density at radius 3 is 2.55 bits per heavy atom. The van der Waals surface area contributed by atoms with E-state index in [1.54, 1.807) is 31.6 Å². The van der Waals surface area contributed by atoms with Gasteiger partial charge in [-0.2, -0.15) is 0 Å². The summed E-state index contributed by atoms with van der Waals surface area (Å²) >= 11 is 5.92. The number of aromatic nitrogens is 2. The molecule has 0 atom stereocenters. The van der Waals surface area contributed by atoms with Crippen molar-refractivity contribution in [2.24, 2.45) is 0 Å². The number of nitrogens with zero attached hydrogens (tertiary/aromatic N) is 2. The summed E-state index contributed by atoms with van der Waals surface area (Å²) in [7, 11) is 1.57. The van der Waals surface area contributed by atoms with E-state index >= 15 is 0 Å². The van der Waals surface area contributed by atoms with Crippen molar-refractivity contribution in [3.63, 3.8) is 0 Å². The fraction of sp³-hybridized carbons (Fsp3) is 0.0435. The van der Waals surface area contributed by atoms with Crippen LogP contribution in [0.4, 0.5) is 15.8 Å². The number of rotatable bonds is 4. The van der Waals surface area contributed by atoms with Gasteiger partial charge in [0.25, 0.3) is 0 Å². The molecular weight excluding hydrogens is 389 g/mol. The minimum Gasteiger partial charge on any atom is -0.481 e. The van der Waals surface area contributed by atoms with Crippen LogP contribution in [0.1, 0.15) is 5.56 Å². The summed E-state index contributed by atoms with van der Waals surface area (Å²) in [5.41, 5.74) is 4.55. The van der Waals surface area contributed by atoms with Crippen LogP contribution in [-0.4, -0.2) is 17.1 Å². The third-order valence-electron chi connectivity index (χ3n) is 4.49. The van der Waals surface area contributed by atoms with Crippen molar-refractivity contribution in [2.45, 2.75) is 0 Å². The van der Waals surface area contributed by atoms with Crippen LogP contribution in [0.3, 0.4) is 0 Å². The summed E-state index contributed by atoms with van der Waals surface area (Å²) in [6.45, 7) is 0. The molecular formula is C23H15ClFN3O. The number of anilines is 2. The van der Waals surface area contributed by atoms with Gasteiger partial charge in [0.15, 0.2) is 0 Å². The molecule has 0 saturated heterocycles. The highest BCUT2D eigenvalue weighted by molar-refractivity contribution is 6.31. The molecule has 0 aliphatic heterocycles. The van der Waals surface area contributed by atoms with Crippen LogP contribution in [0.25, 0.3) is 22.0 Å². The van der Waals surface area contributed by atoms with Gasteiger partial charge in [-0.1, -0.05) is 23.6 Å². The number of hydrogen-bond donors (Lipinski definition) is 1. The van der Waals surface area contributed by atoms with Gasteiger partial charge in [0.2, 0.25) is 5.88 Å². The zero-order valence-corrected chi connectivity index (χ0v) is 16.2. The van der Waals surface area contributed by atoms with Crippen LogP contribution in [0.15, 0.2) is 60.9 Å². The molecule has 6 heteroatoms. The Hall–Kier alpha value is -3.62. The number of methoxy groups -OCH3 is 1. The summed E-state index contributed by atoms with van der Waals surface area (Å²) in [4.78, 5) is 8.70. The molecule has 0 saturated carbocycles. The predicted octanol–water partition coefficient (Wildman–Crippen LogP) is 5.82. The Kier molecular flexibility index (Phi) is 5.03. The maximum absolute atomic E-state index is 13.5. The first kappa shape index (κ1) is 18.7. The van der Waals surface area contributed by atoms with Crippen LogP contribution in [0, 0.1) is 18.2 Å². The second-order valence-corrected chi connectivity index (χ2v) is 6.67. The predicted molar refractivity (Wildman–Crippen MR) is 114 cm³/mol. The molecule has 2 aromatic carbocycles. The number of benzene rings is 2. The third kappa shape index (κ3) is 3.71.